The largest absolute Gasteiger partial charge is 0.453 e. The molecular formula is C45H48N8O4. The molecule has 2 aliphatic heterocycles. The quantitative estimate of drug-likeness (QED) is 0.144. The van der Waals surface area contributed by atoms with E-state index in [2.05, 4.69) is 32.1 Å². The number of likely N-dealkylation sites (tertiary alicyclic amines) is 2. The van der Waals surface area contributed by atoms with E-state index in [1.54, 1.807) is 12.4 Å². The zero-order valence-corrected chi connectivity index (χ0v) is 32.8. The Morgan fingerprint density at radius 2 is 1.51 bits per heavy atom. The molecule has 292 valence electrons. The minimum Gasteiger partial charge on any atom is -0.453 e. The summed E-state index contributed by atoms with van der Waals surface area (Å²) >= 11 is 0. The predicted molar refractivity (Wildman–Crippen MR) is 214 cm³/mol. The summed E-state index contributed by atoms with van der Waals surface area (Å²) in [4.78, 5) is 64.7. The van der Waals surface area contributed by atoms with Crippen molar-refractivity contribution in [3.63, 3.8) is 0 Å². The number of imidazole rings is 2. The van der Waals surface area contributed by atoms with Crippen LogP contribution in [-0.2, 0) is 14.3 Å². The van der Waals surface area contributed by atoms with E-state index in [0.29, 0.717) is 6.54 Å². The summed E-state index contributed by atoms with van der Waals surface area (Å²) in [6.45, 7) is 7.25. The number of pyridine rings is 1. The van der Waals surface area contributed by atoms with Gasteiger partial charge in [0, 0.05) is 36.6 Å². The summed E-state index contributed by atoms with van der Waals surface area (Å²) in [6.07, 6.45) is 11.0. The molecule has 2 aliphatic carbocycles. The van der Waals surface area contributed by atoms with Crippen LogP contribution in [0, 0.1) is 28.6 Å². The first-order chi connectivity index (χ1) is 27.5. The van der Waals surface area contributed by atoms with Crippen molar-refractivity contribution in [1.82, 2.24) is 40.0 Å². The van der Waals surface area contributed by atoms with E-state index in [0.717, 1.165) is 95.7 Å². The van der Waals surface area contributed by atoms with E-state index < -0.39 is 12.1 Å². The molecular weight excluding hydrogens is 717 g/mol. The number of nitrogens with zero attached hydrogens (tertiary/aromatic N) is 5. The van der Waals surface area contributed by atoms with Gasteiger partial charge in [-0.1, -0.05) is 43.9 Å². The average Bonchev–Trinajstić information content (AvgIpc) is 3.84. The van der Waals surface area contributed by atoms with Crippen LogP contribution < -0.4 is 5.32 Å². The maximum atomic E-state index is 13.8. The van der Waals surface area contributed by atoms with Crippen molar-refractivity contribution < 1.29 is 19.1 Å². The van der Waals surface area contributed by atoms with Crippen molar-refractivity contribution in [1.29, 1.82) is 0 Å². The van der Waals surface area contributed by atoms with E-state index in [1.165, 1.54) is 7.11 Å². The molecule has 2 saturated heterocycles. The van der Waals surface area contributed by atoms with Gasteiger partial charge in [0.25, 0.3) is 0 Å². The Morgan fingerprint density at radius 1 is 0.842 bits per heavy atom. The third-order valence-corrected chi connectivity index (χ3v) is 12.7. The molecule has 5 heterocycles. The molecule has 3 N–H and O–H groups in total. The standard InChI is InChI=1S/C45H48N8O4/c1-27(2)38(51-43(56)57-4)42(55)53-26-44(15-16-44)21-36(53)39-47-24-35(50-39)31-12-9-29(10-13-31)7-8-30-11-14-33-34(20-30)49-40(48-33)37-22-45(17-18-45)25-52(37)41(54)28(3)32-6-5-19-46-23-32/h5-6,9-14,19-20,23-24,27-28,36-38H,15-18,21-22,25-26H2,1-4H3,(H,47,50)(H,48,49)(H,51,56)/t28-,36+,37+,38+/m1/s1. The van der Waals surface area contributed by atoms with Crippen molar-refractivity contribution in [3.05, 3.63) is 102 Å². The summed E-state index contributed by atoms with van der Waals surface area (Å²) in [5.41, 5.74) is 6.61. The minimum absolute atomic E-state index is 0.0903. The van der Waals surface area contributed by atoms with E-state index in [-0.39, 0.29) is 46.6 Å². The smallest absolute Gasteiger partial charge is 0.407 e. The number of benzene rings is 2. The molecule has 4 atom stereocenters. The number of carbonyl (C=O) groups excluding carboxylic acids is 3. The number of hydrogen-bond donors (Lipinski definition) is 3. The van der Waals surface area contributed by atoms with Crippen LogP contribution in [0.2, 0.25) is 0 Å². The van der Waals surface area contributed by atoms with Gasteiger partial charge in [-0.15, -0.1) is 0 Å². The maximum absolute atomic E-state index is 13.8. The summed E-state index contributed by atoms with van der Waals surface area (Å²) in [5.74, 6) is 7.84. The number of H-pyrrole nitrogens is 2. The number of ether oxygens (including phenoxy) is 1. The van der Waals surface area contributed by atoms with Gasteiger partial charge >= 0.3 is 6.09 Å². The van der Waals surface area contributed by atoms with Crippen molar-refractivity contribution >= 4 is 28.9 Å². The van der Waals surface area contributed by atoms with E-state index in [9.17, 15) is 14.4 Å². The Bertz CT molecular complexity index is 2400. The third-order valence-electron chi connectivity index (χ3n) is 12.7. The second kappa shape index (κ2) is 14.2. The number of aromatic amines is 2. The average molecular weight is 765 g/mol. The minimum atomic E-state index is -0.682. The molecule has 0 bridgehead atoms. The third kappa shape index (κ3) is 7.16. The first kappa shape index (κ1) is 36.7. The van der Waals surface area contributed by atoms with Crippen molar-refractivity contribution in [2.75, 3.05) is 20.2 Å². The lowest BCUT2D eigenvalue weighted by atomic mass is 10.0. The first-order valence-corrected chi connectivity index (χ1v) is 20.1. The first-order valence-electron chi connectivity index (χ1n) is 20.1. The predicted octanol–water partition coefficient (Wildman–Crippen LogP) is 7.04. The molecule has 2 saturated carbocycles. The fourth-order valence-corrected chi connectivity index (χ4v) is 8.84. The Morgan fingerprint density at radius 3 is 2.16 bits per heavy atom. The number of fused-ring (bicyclic) bond motifs is 1. The van der Waals surface area contributed by atoms with Crippen LogP contribution in [-0.4, -0.2) is 78.9 Å². The van der Waals surface area contributed by atoms with Gasteiger partial charge < -0.3 is 29.8 Å². The number of aromatic nitrogens is 5. The number of alkyl carbamates (subject to hydrolysis) is 1. The fourth-order valence-electron chi connectivity index (χ4n) is 8.84. The van der Waals surface area contributed by atoms with Crippen LogP contribution in [0.5, 0.6) is 0 Å². The van der Waals surface area contributed by atoms with E-state index in [4.69, 9.17) is 14.7 Å². The Kier molecular flexibility index (Phi) is 9.14. The molecule has 3 amide bonds. The van der Waals surface area contributed by atoms with Gasteiger partial charge in [-0.3, -0.25) is 14.6 Å². The second-order valence-corrected chi connectivity index (χ2v) is 17.1. The lowest BCUT2D eigenvalue weighted by molar-refractivity contribution is -0.136. The van der Waals surface area contributed by atoms with Crippen LogP contribution >= 0.6 is 0 Å². The number of amides is 3. The highest BCUT2D eigenvalue weighted by Crippen LogP contribution is 2.59. The zero-order chi connectivity index (χ0) is 39.5. The molecule has 4 aliphatic rings. The lowest BCUT2D eigenvalue weighted by Crippen LogP contribution is -2.51. The summed E-state index contributed by atoms with van der Waals surface area (Å²) in [5, 5.41) is 2.74. The van der Waals surface area contributed by atoms with Gasteiger partial charge in [0.1, 0.15) is 17.7 Å². The van der Waals surface area contributed by atoms with E-state index >= 15 is 0 Å². The Labute approximate surface area is 332 Å². The normalized spacial score (nSPS) is 21.1. The molecule has 2 spiro atoms. The molecule has 2 aromatic carbocycles. The summed E-state index contributed by atoms with van der Waals surface area (Å²) in [6, 6.07) is 16.9. The van der Waals surface area contributed by atoms with Gasteiger partial charge in [0.2, 0.25) is 11.8 Å². The number of nitrogens with one attached hydrogen (secondary N) is 3. The SMILES string of the molecule is COC(=O)N[C@H](C(=O)N1CC2(CC2)C[C@H]1c1ncc(-c2ccc(C#Cc3ccc4nc([C@@H]5CC6(CC6)CN5C(=O)[C@H](C)c5cccnc5)[nH]c4c3)cc2)[nH]1)C(C)C. The summed E-state index contributed by atoms with van der Waals surface area (Å²) < 4.78 is 4.81. The number of rotatable bonds is 8. The van der Waals surface area contributed by atoms with Gasteiger partial charge in [0.15, 0.2) is 0 Å². The second-order valence-electron chi connectivity index (χ2n) is 17.1. The molecule has 0 radical (unpaired) electrons. The van der Waals surface area contributed by atoms with Crippen molar-refractivity contribution in [2.24, 2.45) is 16.7 Å². The van der Waals surface area contributed by atoms with Gasteiger partial charge in [-0.05, 0) is 110 Å². The Hall–Kier alpha value is -5.96. The topological polar surface area (TPSA) is 149 Å². The molecule has 5 aromatic rings. The fraction of sp³-hybridized carbons (Fsp3) is 0.422. The van der Waals surface area contributed by atoms with Crippen molar-refractivity contribution in [3.8, 4) is 23.1 Å². The highest BCUT2D eigenvalue weighted by Gasteiger charge is 2.56. The van der Waals surface area contributed by atoms with E-state index in [1.807, 2.05) is 91.4 Å². The highest BCUT2D eigenvalue weighted by atomic mass is 16.5. The van der Waals surface area contributed by atoms with Crippen LogP contribution in [0.3, 0.4) is 0 Å². The highest BCUT2D eigenvalue weighted by molar-refractivity contribution is 5.87. The van der Waals surface area contributed by atoms with Gasteiger partial charge in [0.05, 0.1) is 48.0 Å². The molecule has 12 heteroatoms. The Balaban J connectivity index is 0.888. The van der Waals surface area contributed by atoms with Crippen LogP contribution in [0.4, 0.5) is 4.79 Å². The number of methoxy groups -OCH3 is 1. The molecule has 12 nitrogen and oxygen atoms in total. The molecule has 0 unspecified atom stereocenters. The maximum Gasteiger partial charge on any atom is 0.407 e. The lowest BCUT2D eigenvalue weighted by Gasteiger charge is -2.30. The number of hydrogen-bond acceptors (Lipinski definition) is 7. The monoisotopic (exact) mass is 764 g/mol. The van der Waals surface area contributed by atoms with Gasteiger partial charge in [-0.2, -0.15) is 0 Å². The number of carbonyl (C=O) groups is 3. The molecule has 9 rings (SSSR count). The van der Waals surface area contributed by atoms with Gasteiger partial charge in [-0.25, -0.2) is 14.8 Å². The summed E-state index contributed by atoms with van der Waals surface area (Å²) in [7, 11) is 1.31. The zero-order valence-electron chi connectivity index (χ0n) is 32.8. The molecule has 3 aromatic heterocycles. The van der Waals surface area contributed by atoms with Crippen molar-refractivity contribution in [2.45, 2.75) is 83.3 Å². The van der Waals surface area contributed by atoms with Crippen LogP contribution in [0.1, 0.15) is 106 Å². The van der Waals surface area contributed by atoms with Crippen LogP contribution in [0.15, 0.2) is 73.2 Å². The van der Waals surface area contributed by atoms with Crippen LogP contribution in [0.25, 0.3) is 22.3 Å². The molecule has 57 heavy (non-hydrogen) atoms. The molecule has 4 fully saturated rings.